The SMILES string of the molecule is COc1cc2nc(C)n(CCNC(=O)CC(C)C)c(=O)c2cc1OC. The van der Waals surface area contributed by atoms with Crippen molar-refractivity contribution in [3.05, 3.63) is 28.3 Å². The van der Waals surface area contributed by atoms with Crippen molar-refractivity contribution in [2.75, 3.05) is 20.8 Å². The van der Waals surface area contributed by atoms with E-state index in [2.05, 4.69) is 10.3 Å². The minimum absolute atomic E-state index is 0.0131. The molecule has 0 spiro atoms. The van der Waals surface area contributed by atoms with Crippen LogP contribution in [0.15, 0.2) is 16.9 Å². The molecule has 1 aromatic heterocycles. The molecular weight excluding hydrogens is 322 g/mol. The normalized spacial score (nSPS) is 11.0. The molecule has 0 unspecified atom stereocenters. The van der Waals surface area contributed by atoms with E-state index in [9.17, 15) is 9.59 Å². The number of nitrogens with one attached hydrogen (secondary N) is 1. The van der Waals surface area contributed by atoms with Crippen LogP contribution in [0.2, 0.25) is 0 Å². The maximum absolute atomic E-state index is 12.8. The third-order valence-electron chi connectivity index (χ3n) is 3.90. The van der Waals surface area contributed by atoms with Crippen molar-refractivity contribution in [1.29, 1.82) is 0 Å². The van der Waals surface area contributed by atoms with E-state index in [1.54, 1.807) is 23.6 Å². The quantitative estimate of drug-likeness (QED) is 0.827. The first-order chi connectivity index (χ1) is 11.9. The van der Waals surface area contributed by atoms with Crippen LogP contribution >= 0.6 is 0 Å². The highest BCUT2D eigenvalue weighted by molar-refractivity contribution is 5.82. The Hall–Kier alpha value is -2.57. The lowest BCUT2D eigenvalue weighted by Crippen LogP contribution is -2.32. The van der Waals surface area contributed by atoms with Gasteiger partial charge in [-0.05, 0) is 18.9 Å². The number of aryl methyl sites for hydroxylation is 1. The molecule has 0 fully saturated rings. The fraction of sp³-hybridized carbons (Fsp3) is 0.500. The van der Waals surface area contributed by atoms with E-state index in [4.69, 9.17) is 9.47 Å². The molecule has 0 aliphatic heterocycles. The molecule has 7 heteroatoms. The van der Waals surface area contributed by atoms with Gasteiger partial charge < -0.3 is 14.8 Å². The number of methoxy groups -OCH3 is 2. The summed E-state index contributed by atoms with van der Waals surface area (Å²) in [5, 5.41) is 3.29. The van der Waals surface area contributed by atoms with Crippen molar-refractivity contribution in [2.24, 2.45) is 5.92 Å². The monoisotopic (exact) mass is 347 g/mol. The Morgan fingerprint density at radius 3 is 2.48 bits per heavy atom. The molecule has 0 aliphatic rings. The second-order valence-corrected chi connectivity index (χ2v) is 6.29. The van der Waals surface area contributed by atoms with Gasteiger partial charge in [-0.15, -0.1) is 0 Å². The summed E-state index contributed by atoms with van der Waals surface area (Å²) in [6.07, 6.45) is 0.473. The molecule has 2 rings (SSSR count). The van der Waals surface area contributed by atoms with Crippen molar-refractivity contribution in [3.63, 3.8) is 0 Å². The van der Waals surface area contributed by atoms with Gasteiger partial charge in [0.25, 0.3) is 5.56 Å². The van der Waals surface area contributed by atoms with Gasteiger partial charge in [0.15, 0.2) is 11.5 Å². The van der Waals surface area contributed by atoms with Gasteiger partial charge in [0.2, 0.25) is 5.91 Å². The fourth-order valence-electron chi connectivity index (χ4n) is 2.67. The van der Waals surface area contributed by atoms with Crippen LogP contribution < -0.4 is 20.3 Å². The molecule has 0 bridgehead atoms. The number of benzene rings is 1. The molecule has 1 amide bonds. The highest BCUT2D eigenvalue weighted by Gasteiger charge is 2.13. The molecule has 0 saturated heterocycles. The van der Waals surface area contributed by atoms with E-state index in [1.807, 2.05) is 13.8 Å². The van der Waals surface area contributed by atoms with E-state index in [-0.39, 0.29) is 11.5 Å². The van der Waals surface area contributed by atoms with Crippen molar-refractivity contribution in [1.82, 2.24) is 14.9 Å². The van der Waals surface area contributed by atoms with Crippen LogP contribution in [0.25, 0.3) is 10.9 Å². The van der Waals surface area contributed by atoms with Crippen LogP contribution in [-0.4, -0.2) is 36.2 Å². The second-order valence-electron chi connectivity index (χ2n) is 6.29. The molecule has 0 saturated carbocycles. The predicted octanol–water partition coefficient (Wildman–Crippen LogP) is 1.88. The maximum Gasteiger partial charge on any atom is 0.261 e. The second kappa shape index (κ2) is 8.00. The lowest BCUT2D eigenvalue weighted by Gasteiger charge is -2.14. The number of hydrogen-bond donors (Lipinski definition) is 1. The van der Waals surface area contributed by atoms with Crippen LogP contribution in [0.1, 0.15) is 26.1 Å². The van der Waals surface area contributed by atoms with Crippen molar-refractivity contribution in [2.45, 2.75) is 33.7 Å². The Morgan fingerprint density at radius 1 is 1.24 bits per heavy atom. The van der Waals surface area contributed by atoms with E-state index in [0.29, 0.717) is 53.7 Å². The summed E-state index contributed by atoms with van der Waals surface area (Å²) < 4.78 is 12.1. The van der Waals surface area contributed by atoms with Crippen molar-refractivity contribution < 1.29 is 14.3 Å². The van der Waals surface area contributed by atoms with Crippen LogP contribution in [-0.2, 0) is 11.3 Å². The first-order valence-corrected chi connectivity index (χ1v) is 8.27. The molecule has 0 radical (unpaired) electrons. The predicted molar refractivity (Wildman–Crippen MR) is 96.3 cm³/mol. The number of fused-ring (bicyclic) bond motifs is 1. The number of carbonyl (C=O) groups excluding carboxylic acids is 1. The third kappa shape index (κ3) is 4.29. The molecular formula is C18H25N3O4. The highest BCUT2D eigenvalue weighted by atomic mass is 16.5. The largest absolute Gasteiger partial charge is 0.493 e. The molecule has 136 valence electrons. The number of ether oxygens (including phenoxy) is 2. The lowest BCUT2D eigenvalue weighted by molar-refractivity contribution is -0.121. The van der Waals surface area contributed by atoms with Crippen LogP contribution in [0.4, 0.5) is 0 Å². The van der Waals surface area contributed by atoms with E-state index in [1.165, 1.54) is 14.2 Å². The van der Waals surface area contributed by atoms with Gasteiger partial charge in [-0.25, -0.2) is 4.98 Å². The number of rotatable bonds is 7. The van der Waals surface area contributed by atoms with Gasteiger partial charge in [-0.1, -0.05) is 13.8 Å². The van der Waals surface area contributed by atoms with Crippen LogP contribution in [0.3, 0.4) is 0 Å². The average molecular weight is 347 g/mol. The van der Waals surface area contributed by atoms with Gasteiger partial charge in [0.1, 0.15) is 5.82 Å². The Morgan fingerprint density at radius 2 is 1.88 bits per heavy atom. The van der Waals surface area contributed by atoms with E-state index >= 15 is 0 Å². The molecule has 1 heterocycles. The number of hydrogen-bond acceptors (Lipinski definition) is 5. The summed E-state index contributed by atoms with van der Waals surface area (Å²) >= 11 is 0. The third-order valence-corrected chi connectivity index (χ3v) is 3.90. The Labute approximate surface area is 147 Å². The van der Waals surface area contributed by atoms with Crippen molar-refractivity contribution in [3.8, 4) is 11.5 Å². The minimum Gasteiger partial charge on any atom is -0.493 e. The smallest absolute Gasteiger partial charge is 0.261 e. The first kappa shape index (κ1) is 18.8. The number of carbonyl (C=O) groups is 1. The molecule has 25 heavy (non-hydrogen) atoms. The minimum atomic E-state index is -0.165. The first-order valence-electron chi connectivity index (χ1n) is 8.27. The summed E-state index contributed by atoms with van der Waals surface area (Å²) in [6, 6.07) is 3.33. The number of nitrogens with zero attached hydrogens (tertiary/aromatic N) is 2. The zero-order valence-corrected chi connectivity index (χ0v) is 15.4. The number of aromatic nitrogens is 2. The average Bonchev–Trinajstić information content (AvgIpc) is 2.56. The summed E-state index contributed by atoms with van der Waals surface area (Å²) in [4.78, 5) is 29.0. The summed E-state index contributed by atoms with van der Waals surface area (Å²) in [7, 11) is 3.06. The van der Waals surface area contributed by atoms with Gasteiger partial charge in [-0.3, -0.25) is 14.2 Å². The highest BCUT2D eigenvalue weighted by Crippen LogP contribution is 2.30. The summed E-state index contributed by atoms with van der Waals surface area (Å²) in [6.45, 7) is 6.50. The lowest BCUT2D eigenvalue weighted by atomic mass is 10.1. The Balaban J connectivity index is 2.29. The van der Waals surface area contributed by atoms with Gasteiger partial charge in [-0.2, -0.15) is 0 Å². The topological polar surface area (TPSA) is 82.5 Å². The van der Waals surface area contributed by atoms with Gasteiger partial charge in [0.05, 0.1) is 25.1 Å². The molecule has 2 aromatic rings. The van der Waals surface area contributed by atoms with Crippen LogP contribution in [0, 0.1) is 12.8 Å². The van der Waals surface area contributed by atoms with E-state index < -0.39 is 0 Å². The van der Waals surface area contributed by atoms with Crippen molar-refractivity contribution >= 4 is 16.8 Å². The summed E-state index contributed by atoms with van der Waals surface area (Å²) in [5.74, 6) is 1.88. The zero-order valence-electron chi connectivity index (χ0n) is 15.4. The van der Waals surface area contributed by atoms with Crippen LogP contribution in [0.5, 0.6) is 11.5 Å². The zero-order chi connectivity index (χ0) is 18.6. The fourth-order valence-corrected chi connectivity index (χ4v) is 2.67. The van der Waals surface area contributed by atoms with Gasteiger partial charge >= 0.3 is 0 Å². The molecule has 1 aromatic carbocycles. The van der Waals surface area contributed by atoms with E-state index in [0.717, 1.165) is 0 Å². The molecule has 1 N–H and O–H groups in total. The standard InChI is InChI=1S/C18H25N3O4/c1-11(2)8-17(22)19-6-7-21-12(3)20-14-10-16(25-5)15(24-4)9-13(14)18(21)23/h9-11H,6-8H2,1-5H3,(H,19,22). The van der Waals surface area contributed by atoms with Gasteiger partial charge in [0, 0.05) is 25.6 Å². The Bertz CT molecular complexity index is 827. The number of amides is 1. The molecule has 0 aliphatic carbocycles. The Kier molecular flexibility index (Phi) is 6.01. The molecule has 0 atom stereocenters. The summed E-state index contributed by atoms with van der Waals surface area (Å²) in [5.41, 5.74) is 0.391. The molecule has 7 nitrogen and oxygen atoms in total. The maximum atomic E-state index is 12.8.